The van der Waals surface area contributed by atoms with Crippen LogP contribution >= 0.6 is 0 Å². The maximum Gasteiger partial charge on any atom is 0.325 e. The van der Waals surface area contributed by atoms with Crippen molar-refractivity contribution in [3.05, 3.63) is 12.4 Å². The molecule has 20 heavy (non-hydrogen) atoms. The average Bonchev–Trinajstić information content (AvgIpc) is 2.71. The Labute approximate surface area is 115 Å². The number of nitrogens with two attached hydrogens (primary N) is 1. The first-order valence-electron chi connectivity index (χ1n) is 5.90. The Morgan fingerprint density at radius 3 is 2.60 bits per heavy atom. The third-order valence-electron chi connectivity index (χ3n) is 2.45. The van der Waals surface area contributed by atoms with E-state index in [0.29, 0.717) is 5.69 Å². The molecular formula is C11H17N5O4. The van der Waals surface area contributed by atoms with Crippen LogP contribution in [-0.4, -0.2) is 38.8 Å². The second-order valence-corrected chi connectivity index (χ2v) is 4.54. The first kappa shape index (κ1) is 15.5. The molecule has 1 heterocycles. The molecule has 3 amide bonds. The van der Waals surface area contributed by atoms with E-state index < -0.39 is 23.9 Å². The zero-order chi connectivity index (χ0) is 15.3. The number of carbonyl (C=O) groups excluding carboxylic acids is 2. The van der Waals surface area contributed by atoms with Gasteiger partial charge in [0.15, 0.2) is 0 Å². The quantitative estimate of drug-likeness (QED) is 0.562. The summed E-state index contributed by atoms with van der Waals surface area (Å²) in [5, 5.41) is 17.2. The molecule has 9 nitrogen and oxygen atoms in total. The molecule has 0 saturated carbocycles. The molecule has 9 heteroatoms. The number of hydrogen-bond donors (Lipinski definition) is 4. The minimum atomic E-state index is -1.04. The summed E-state index contributed by atoms with van der Waals surface area (Å²) in [5.41, 5.74) is 5.49. The highest BCUT2D eigenvalue weighted by atomic mass is 16.4. The van der Waals surface area contributed by atoms with Crippen molar-refractivity contribution in [2.45, 2.75) is 26.4 Å². The van der Waals surface area contributed by atoms with E-state index in [9.17, 15) is 14.4 Å². The number of nitrogens with one attached hydrogen (secondary N) is 2. The number of aliphatic carboxylic acids is 1. The van der Waals surface area contributed by atoms with Gasteiger partial charge in [-0.1, -0.05) is 13.8 Å². The molecule has 0 aliphatic rings. The van der Waals surface area contributed by atoms with Crippen LogP contribution in [0.5, 0.6) is 0 Å². The average molecular weight is 283 g/mol. The molecule has 0 aromatic carbocycles. The Kier molecular flexibility index (Phi) is 5.07. The number of aromatic nitrogens is 2. The molecule has 1 atom stereocenters. The molecule has 0 radical (unpaired) electrons. The van der Waals surface area contributed by atoms with E-state index in [1.807, 2.05) is 0 Å². The summed E-state index contributed by atoms with van der Waals surface area (Å²) in [7, 11) is 0. The molecule has 0 aliphatic carbocycles. The van der Waals surface area contributed by atoms with Crippen LogP contribution in [0.1, 0.15) is 13.8 Å². The molecule has 0 spiro atoms. The van der Waals surface area contributed by atoms with E-state index >= 15 is 0 Å². The van der Waals surface area contributed by atoms with Gasteiger partial charge in [0.2, 0.25) is 5.91 Å². The zero-order valence-corrected chi connectivity index (χ0v) is 11.2. The Morgan fingerprint density at radius 1 is 1.45 bits per heavy atom. The van der Waals surface area contributed by atoms with Gasteiger partial charge in [-0.3, -0.25) is 14.3 Å². The van der Waals surface area contributed by atoms with Gasteiger partial charge in [-0.2, -0.15) is 5.10 Å². The fourth-order valence-electron chi connectivity index (χ4n) is 1.53. The molecule has 110 valence electrons. The molecule has 0 aliphatic heterocycles. The minimum Gasteiger partial charge on any atom is -0.480 e. The number of hydrogen-bond acceptors (Lipinski definition) is 4. The van der Waals surface area contributed by atoms with Gasteiger partial charge in [0.05, 0.1) is 11.9 Å². The van der Waals surface area contributed by atoms with Crippen LogP contribution in [0.15, 0.2) is 12.4 Å². The lowest BCUT2D eigenvalue weighted by Crippen LogP contribution is -2.49. The third kappa shape index (κ3) is 4.59. The normalized spacial score (nSPS) is 11.9. The van der Waals surface area contributed by atoms with Gasteiger partial charge in [-0.15, -0.1) is 0 Å². The fourth-order valence-corrected chi connectivity index (χ4v) is 1.53. The summed E-state index contributed by atoms with van der Waals surface area (Å²) in [4.78, 5) is 33.3. The lowest BCUT2D eigenvalue weighted by molar-refractivity contribution is -0.137. The van der Waals surface area contributed by atoms with Crippen molar-refractivity contribution in [1.29, 1.82) is 0 Å². The summed E-state index contributed by atoms with van der Waals surface area (Å²) in [6.45, 7) is 3.19. The topological polar surface area (TPSA) is 139 Å². The van der Waals surface area contributed by atoms with E-state index in [2.05, 4.69) is 15.7 Å². The van der Waals surface area contributed by atoms with Gasteiger partial charge in [-0.05, 0) is 5.92 Å². The largest absolute Gasteiger partial charge is 0.480 e. The maximum atomic E-state index is 11.7. The highest BCUT2D eigenvalue weighted by Crippen LogP contribution is 2.06. The summed E-state index contributed by atoms with van der Waals surface area (Å²) in [6.07, 6.45) is 2.67. The molecule has 0 bridgehead atoms. The zero-order valence-electron chi connectivity index (χ0n) is 11.2. The number of urea groups is 1. The van der Waals surface area contributed by atoms with Gasteiger partial charge < -0.3 is 21.5 Å². The molecule has 0 fully saturated rings. The van der Waals surface area contributed by atoms with Gasteiger partial charge in [-0.25, -0.2) is 4.79 Å². The Balaban J connectivity index is 2.59. The molecule has 1 aromatic rings. The number of carboxylic acid groups (broad SMARTS) is 1. The Morgan fingerprint density at radius 2 is 2.10 bits per heavy atom. The smallest absolute Gasteiger partial charge is 0.325 e. The monoisotopic (exact) mass is 283 g/mol. The Bertz CT molecular complexity index is 511. The predicted octanol–water partition coefficient (Wildman–Crippen LogP) is -0.401. The van der Waals surface area contributed by atoms with Gasteiger partial charge >= 0.3 is 12.0 Å². The Hall–Kier alpha value is -2.58. The first-order valence-corrected chi connectivity index (χ1v) is 5.90. The number of carbonyl (C=O) groups is 3. The van der Waals surface area contributed by atoms with E-state index in [1.54, 1.807) is 13.8 Å². The van der Waals surface area contributed by atoms with E-state index in [1.165, 1.54) is 12.4 Å². The SMILES string of the molecule is CC(C)C(NC(=O)Nc1cnn(CC(=O)O)c1)C(N)=O. The van der Waals surface area contributed by atoms with Gasteiger partial charge in [0, 0.05) is 6.20 Å². The fraction of sp³-hybridized carbons (Fsp3) is 0.455. The summed E-state index contributed by atoms with van der Waals surface area (Å²) in [5.74, 6) is -1.82. The van der Waals surface area contributed by atoms with Crippen LogP contribution in [0.25, 0.3) is 0 Å². The van der Waals surface area contributed by atoms with E-state index in [4.69, 9.17) is 10.8 Å². The second kappa shape index (κ2) is 6.55. The van der Waals surface area contributed by atoms with Crippen molar-refractivity contribution < 1.29 is 19.5 Å². The molecule has 1 aromatic heterocycles. The summed E-state index contributed by atoms with van der Waals surface area (Å²) >= 11 is 0. The second-order valence-electron chi connectivity index (χ2n) is 4.54. The van der Waals surface area contributed by atoms with Crippen LogP contribution in [0.4, 0.5) is 10.5 Å². The molecule has 5 N–H and O–H groups in total. The lowest BCUT2D eigenvalue weighted by atomic mass is 10.0. The maximum absolute atomic E-state index is 11.7. The van der Waals surface area contributed by atoms with Crippen molar-refractivity contribution in [2.24, 2.45) is 11.7 Å². The van der Waals surface area contributed by atoms with Crippen LogP contribution < -0.4 is 16.4 Å². The van der Waals surface area contributed by atoms with E-state index in [-0.39, 0.29) is 12.5 Å². The molecule has 1 unspecified atom stereocenters. The number of nitrogens with zero attached hydrogens (tertiary/aromatic N) is 2. The number of carboxylic acids is 1. The van der Waals surface area contributed by atoms with Gasteiger partial charge in [0.1, 0.15) is 12.6 Å². The third-order valence-corrected chi connectivity index (χ3v) is 2.45. The van der Waals surface area contributed by atoms with Crippen molar-refractivity contribution in [3.63, 3.8) is 0 Å². The van der Waals surface area contributed by atoms with Crippen LogP contribution in [0.3, 0.4) is 0 Å². The van der Waals surface area contributed by atoms with Crippen LogP contribution in [-0.2, 0) is 16.1 Å². The van der Waals surface area contributed by atoms with E-state index in [0.717, 1.165) is 4.68 Å². The van der Waals surface area contributed by atoms with Crippen molar-refractivity contribution >= 4 is 23.6 Å². The number of rotatable bonds is 6. The number of anilines is 1. The highest BCUT2D eigenvalue weighted by molar-refractivity contribution is 5.93. The number of primary amides is 1. The lowest BCUT2D eigenvalue weighted by Gasteiger charge is -2.18. The highest BCUT2D eigenvalue weighted by Gasteiger charge is 2.21. The molecular weight excluding hydrogens is 266 g/mol. The summed E-state index contributed by atoms with van der Waals surface area (Å²) < 4.78 is 1.16. The standard InChI is InChI=1S/C11H17N5O4/c1-6(2)9(10(12)19)15-11(20)14-7-3-13-16(4-7)5-8(17)18/h3-4,6,9H,5H2,1-2H3,(H2,12,19)(H,17,18)(H2,14,15,20). The van der Waals surface area contributed by atoms with Crippen LogP contribution in [0, 0.1) is 5.92 Å². The van der Waals surface area contributed by atoms with Gasteiger partial charge in [0.25, 0.3) is 0 Å². The molecule has 0 saturated heterocycles. The van der Waals surface area contributed by atoms with Crippen LogP contribution in [0.2, 0.25) is 0 Å². The van der Waals surface area contributed by atoms with Crippen molar-refractivity contribution in [2.75, 3.05) is 5.32 Å². The predicted molar refractivity (Wildman–Crippen MR) is 69.8 cm³/mol. The molecule has 1 rings (SSSR count). The summed E-state index contributed by atoms with van der Waals surface area (Å²) in [6, 6.07) is -1.40. The number of amides is 3. The minimum absolute atomic E-state index is 0.145. The van der Waals surface area contributed by atoms with Crippen molar-refractivity contribution in [3.8, 4) is 0 Å². The van der Waals surface area contributed by atoms with Crippen molar-refractivity contribution in [1.82, 2.24) is 15.1 Å². The first-order chi connectivity index (χ1) is 9.29.